The molecule has 0 amide bonds. The van der Waals surface area contributed by atoms with E-state index < -0.39 is 5.97 Å². The van der Waals surface area contributed by atoms with Crippen molar-refractivity contribution < 1.29 is 33.3 Å². The average Bonchev–Trinajstić information content (AvgIpc) is 3.12. The van der Waals surface area contributed by atoms with E-state index in [0.717, 1.165) is 0 Å². The van der Waals surface area contributed by atoms with Crippen molar-refractivity contribution in [3.8, 4) is 28.4 Å². The zero-order chi connectivity index (χ0) is 21.4. The van der Waals surface area contributed by atoms with Gasteiger partial charge in [0.2, 0.25) is 5.75 Å². The topological polar surface area (TPSA) is 101 Å². The van der Waals surface area contributed by atoms with Crippen LogP contribution in [0.3, 0.4) is 0 Å². The number of esters is 1. The third kappa shape index (κ3) is 4.45. The molecule has 1 N–H and O–H groups in total. The Labute approximate surface area is 169 Å². The Balaban J connectivity index is 2.86. The molecule has 0 aliphatic carbocycles. The Kier molecular flexibility index (Phi) is 7.90. The molecule has 2 rings (SSSR count). The summed E-state index contributed by atoms with van der Waals surface area (Å²) in [4.78, 5) is 20.3. The molecule has 0 spiro atoms. The number of hydrogen-bond donors (Lipinski definition) is 1. The van der Waals surface area contributed by atoms with Crippen LogP contribution in [0.1, 0.15) is 21.7 Å². The standard InChI is InChI=1S/C20H26N2O7/c1-24-10-9-12-16(14(11-21-29-6)22-17(12)20(23)28-5)13-7-8-15(25-2)19(27-4)18(13)26-3/h7-8,11,22H,9-10H2,1-6H3/b21-11+. The second-order valence-corrected chi connectivity index (χ2v) is 5.80. The molecule has 1 heterocycles. The number of ether oxygens (including phenoxy) is 5. The van der Waals surface area contributed by atoms with Crippen molar-refractivity contribution in [2.24, 2.45) is 5.16 Å². The molecule has 0 aliphatic heterocycles. The number of benzene rings is 1. The first-order valence-corrected chi connectivity index (χ1v) is 8.75. The predicted molar refractivity (Wildman–Crippen MR) is 107 cm³/mol. The molecule has 0 saturated heterocycles. The van der Waals surface area contributed by atoms with Crippen LogP contribution >= 0.6 is 0 Å². The van der Waals surface area contributed by atoms with Crippen molar-refractivity contribution in [1.29, 1.82) is 0 Å². The van der Waals surface area contributed by atoms with Gasteiger partial charge in [0.25, 0.3) is 0 Å². The Morgan fingerprint density at radius 1 is 1.03 bits per heavy atom. The molecule has 0 atom stereocenters. The molecule has 0 bridgehead atoms. The highest BCUT2D eigenvalue weighted by Crippen LogP contribution is 2.46. The summed E-state index contributed by atoms with van der Waals surface area (Å²) in [5.74, 6) is 0.893. The molecule has 0 fully saturated rings. The number of methoxy groups -OCH3 is 5. The molecule has 158 valence electrons. The van der Waals surface area contributed by atoms with E-state index in [0.29, 0.717) is 58.4 Å². The first-order valence-electron chi connectivity index (χ1n) is 8.75. The van der Waals surface area contributed by atoms with Gasteiger partial charge in [-0.25, -0.2) is 4.79 Å². The van der Waals surface area contributed by atoms with E-state index in [1.807, 2.05) is 6.07 Å². The van der Waals surface area contributed by atoms with Gasteiger partial charge in [0.15, 0.2) is 11.5 Å². The number of H-pyrrole nitrogens is 1. The lowest BCUT2D eigenvalue weighted by molar-refractivity contribution is 0.0593. The molecule has 9 nitrogen and oxygen atoms in total. The molecular weight excluding hydrogens is 380 g/mol. The van der Waals surface area contributed by atoms with Gasteiger partial charge in [-0.1, -0.05) is 5.16 Å². The lowest BCUT2D eigenvalue weighted by Gasteiger charge is -2.17. The summed E-state index contributed by atoms with van der Waals surface area (Å²) in [5, 5.41) is 3.84. The number of hydrogen-bond acceptors (Lipinski definition) is 8. The maximum absolute atomic E-state index is 12.4. The summed E-state index contributed by atoms with van der Waals surface area (Å²) in [7, 11) is 8.95. The monoisotopic (exact) mass is 406 g/mol. The highest BCUT2D eigenvalue weighted by molar-refractivity contribution is 6.00. The smallest absolute Gasteiger partial charge is 0.354 e. The van der Waals surface area contributed by atoms with Gasteiger partial charge in [0.05, 0.1) is 47.0 Å². The van der Waals surface area contributed by atoms with Crippen molar-refractivity contribution >= 4 is 12.2 Å². The van der Waals surface area contributed by atoms with E-state index in [1.54, 1.807) is 20.3 Å². The third-order valence-corrected chi connectivity index (χ3v) is 4.34. The number of aromatic amines is 1. The Morgan fingerprint density at radius 3 is 2.31 bits per heavy atom. The van der Waals surface area contributed by atoms with Crippen LogP contribution in [0, 0.1) is 0 Å². The van der Waals surface area contributed by atoms with Crippen LogP contribution in [-0.2, 0) is 20.7 Å². The molecule has 0 unspecified atom stereocenters. The molecule has 0 radical (unpaired) electrons. The summed E-state index contributed by atoms with van der Waals surface area (Å²) in [6, 6.07) is 3.59. The maximum atomic E-state index is 12.4. The van der Waals surface area contributed by atoms with Gasteiger partial charge in [-0.3, -0.25) is 0 Å². The normalized spacial score (nSPS) is 10.8. The number of nitrogens with one attached hydrogen (secondary N) is 1. The van der Waals surface area contributed by atoms with Crippen molar-refractivity contribution in [1.82, 2.24) is 4.98 Å². The van der Waals surface area contributed by atoms with Crippen LogP contribution in [0.2, 0.25) is 0 Å². The lowest BCUT2D eigenvalue weighted by atomic mass is 9.96. The average molecular weight is 406 g/mol. The van der Waals surface area contributed by atoms with Crippen LogP contribution in [0.5, 0.6) is 17.2 Å². The van der Waals surface area contributed by atoms with Gasteiger partial charge in [-0.15, -0.1) is 0 Å². The van der Waals surface area contributed by atoms with Crippen molar-refractivity contribution in [2.45, 2.75) is 6.42 Å². The molecule has 0 aliphatic rings. The fourth-order valence-electron chi connectivity index (χ4n) is 3.10. The van der Waals surface area contributed by atoms with E-state index in [9.17, 15) is 4.79 Å². The number of carbonyl (C=O) groups is 1. The fraction of sp³-hybridized carbons (Fsp3) is 0.400. The van der Waals surface area contributed by atoms with Crippen molar-refractivity contribution in [2.75, 3.05) is 49.3 Å². The van der Waals surface area contributed by atoms with Gasteiger partial charge in [-0.05, 0) is 24.1 Å². The van der Waals surface area contributed by atoms with E-state index in [-0.39, 0.29) is 0 Å². The van der Waals surface area contributed by atoms with Gasteiger partial charge in [-0.2, -0.15) is 0 Å². The van der Waals surface area contributed by atoms with Gasteiger partial charge in [0.1, 0.15) is 12.8 Å². The summed E-state index contributed by atoms with van der Waals surface area (Å²) in [6.45, 7) is 0.394. The SMILES string of the molecule is COCCc1c(C(=O)OC)[nH]c(/C=N/OC)c1-c1ccc(OC)c(OC)c1OC. The van der Waals surface area contributed by atoms with Crippen molar-refractivity contribution in [3.05, 3.63) is 29.1 Å². The van der Waals surface area contributed by atoms with Gasteiger partial charge in [0, 0.05) is 18.2 Å². The van der Waals surface area contributed by atoms with E-state index in [1.165, 1.54) is 34.7 Å². The van der Waals surface area contributed by atoms with Gasteiger partial charge < -0.3 is 33.5 Å². The van der Waals surface area contributed by atoms with E-state index >= 15 is 0 Å². The minimum atomic E-state index is -0.506. The molecule has 0 saturated carbocycles. The predicted octanol–water partition coefficient (Wildman–Crippen LogP) is 2.66. The largest absolute Gasteiger partial charge is 0.493 e. The second kappa shape index (κ2) is 10.4. The van der Waals surface area contributed by atoms with E-state index in [2.05, 4.69) is 10.1 Å². The van der Waals surface area contributed by atoms with Gasteiger partial charge >= 0.3 is 5.97 Å². The first-order chi connectivity index (χ1) is 14.1. The van der Waals surface area contributed by atoms with Crippen LogP contribution < -0.4 is 14.2 Å². The van der Waals surface area contributed by atoms with Crippen LogP contribution in [-0.4, -0.2) is 66.4 Å². The number of nitrogens with zero attached hydrogens (tertiary/aromatic N) is 1. The summed E-state index contributed by atoms with van der Waals surface area (Å²) < 4.78 is 26.7. The summed E-state index contributed by atoms with van der Waals surface area (Å²) >= 11 is 0. The second-order valence-electron chi connectivity index (χ2n) is 5.80. The number of aromatic nitrogens is 1. The fourth-order valence-corrected chi connectivity index (χ4v) is 3.10. The Morgan fingerprint density at radius 2 is 1.76 bits per heavy atom. The molecule has 1 aromatic heterocycles. The molecule has 1 aromatic carbocycles. The molecule has 2 aromatic rings. The van der Waals surface area contributed by atoms with Crippen molar-refractivity contribution in [3.63, 3.8) is 0 Å². The highest BCUT2D eigenvalue weighted by Gasteiger charge is 2.27. The summed E-state index contributed by atoms with van der Waals surface area (Å²) in [5.41, 5.74) is 2.92. The van der Waals surface area contributed by atoms with Crippen LogP contribution in [0.4, 0.5) is 0 Å². The first kappa shape index (κ1) is 22.1. The lowest BCUT2D eigenvalue weighted by Crippen LogP contribution is -2.07. The quantitative estimate of drug-likeness (QED) is 0.368. The molecule has 29 heavy (non-hydrogen) atoms. The Hall–Kier alpha value is -3.20. The zero-order valence-corrected chi connectivity index (χ0v) is 17.5. The number of oxime groups is 1. The third-order valence-electron chi connectivity index (χ3n) is 4.34. The molecule has 9 heteroatoms. The minimum absolute atomic E-state index is 0.300. The van der Waals surface area contributed by atoms with Crippen LogP contribution in [0.15, 0.2) is 17.3 Å². The Bertz CT molecular complexity index is 874. The maximum Gasteiger partial charge on any atom is 0.354 e. The number of rotatable bonds is 10. The zero-order valence-electron chi connectivity index (χ0n) is 17.5. The number of carbonyl (C=O) groups excluding carboxylic acids is 1. The highest BCUT2D eigenvalue weighted by atomic mass is 16.6. The minimum Gasteiger partial charge on any atom is -0.493 e. The van der Waals surface area contributed by atoms with E-state index in [4.69, 9.17) is 28.5 Å². The molecular formula is C20H26N2O7. The van der Waals surface area contributed by atoms with Crippen LogP contribution in [0.25, 0.3) is 11.1 Å². The summed E-state index contributed by atoms with van der Waals surface area (Å²) in [6.07, 6.45) is 1.93.